The van der Waals surface area contributed by atoms with Crippen LogP contribution in [-0.4, -0.2) is 39.9 Å². The minimum Gasteiger partial charge on any atom is -0.330 e. The Morgan fingerprint density at radius 3 is 2.25 bits per heavy atom. The average Bonchev–Trinajstić information content (AvgIpc) is 2.84. The summed E-state index contributed by atoms with van der Waals surface area (Å²) in [5.41, 5.74) is 2.66. The molecule has 0 saturated heterocycles. The van der Waals surface area contributed by atoms with Gasteiger partial charge in [-0.2, -0.15) is 18.3 Å². The molecule has 152 valence electrons. The minimum absolute atomic E-state index is 0.0108. The number of rotatable bonds is 5. The summed E-state index contributed by atoms with van der Waals surface area (Å²) in [6.07, 6.45) is -1.70. The molecule has 0 unspecified atom stereocenters. The molecule has 0 spiro atoms. The zero-order valence-corrected chi connectivity index (χ0v) is 16.8. The van der Waals surface area contributed by atoms with Crippen LogP contribution in [0.2, 0.25) is 0 Å². The van der Waals surface area contributed by atoms with Crippen LogP contribution in [0, 0.1) is 19.3 Å². The van der Waals surface area contributed by atoms with Crippen LogP contribution in [0.25, 0.3) is 11.8 Å². The van der Waals surface area contributed by atoms with Crippen molar-refractivity contribution in [2.24, 2.45) is 5.41 Å². The first-order chi connectivity index (χ1) is 12.9. The second-order valence-electron chi connectivity index (χ2n) is 8.04. The third-order valence-electron chi connectivity index (χ3n) is 4.09. The van der Waals surface area contributed by atoms with Gasteiger partial charge in [0.2, 0.25) is 5.91 Å². The predicted molar refractivity (Wildman–Crippen MR) is 104 cm³/mol. The van der Waals surface area contributed by atoms with Crippen molar-refractivity contribution in [2.75, 3.05) is 13.1 Å². The Balaban J connectivity index is 2.28. The van der Waals surface area contributed by atoms with E-state index in [1.807, 2.05) is 37.3 Å². The van der Waals surface area contributed by atoms with E-state index < -0.39 is 24.0 Å². The molecule has 0 aliphatic carbocycles. The van der Waals surface area contributed by atoms with Crippen molar-refractivity contribution in [1.29, 1.82) is 0 Å². The smallest absolute Gasteiger partial charge is 0.330 e. The molecule has 2 aromatic rings. The van der Waals surface area contributed by atoms with Crippen LogP contribution >= 0.6 is 0 Å². The van der Waals surface area contributed by atoms with Crippen LogP contribution in [-0.2, 0) is 4.79 Å². The van der Waals surface area contributed by atoms with Gasteiger partial charge in [-0.1, -0.05) is 39.0 Å². The molecule has 0 aliphatic rings. The van der Waals surface area contributed by atoms with Crippen LogP contribution in [0.15, 0.2) is 36.4 Å². The number of halogens is 3. The molecule has 2 rings (SSSR count). The van der Waals surface area contributed by atoms with Crippen molar-refractivity contribution in [2.45, 2.75) is 40.8 Å². The van der Waals surface area contributed by atoms with Crippen molar-refractivity contribution in [1.82, 2.24) is 14.7 Å². The molecule has 1 amide bonds. The number of hydrogen-bond acceptors (Lipinski definition) is 2. The van der Waals surface area contributed by atoms with Crippen LogP contribution in [0.3, 0.4) is 0 Å². The van der Waals surface area contributed by atoms with Crippen LogP contribution in [0.4, 0.5) is 13.2 Å². The zero-order chi connectivity index (χ0) is 21.1. The molecule has 1 aromatic carbocycles. The SMILES string of the molecule is Cc1nn(-c2ccccc2)c(C)c1/C=C/C(=O)N(CC(C)(C)C)CC(F)(F)F. The van der Waals surface area contributed by atoms with Gasteiger partial charge < -0.3 is 4.90 Å². The Labute approximate surface area is 163 Å². The third kappa shape index (κ3) is 5.97. The predicted octanol–water partition coefficient (Wildman–Crippen LogP) is 4.94. The van der Waals surface area contributed by atoms with Gasteiger partial charge in [0.1, 0.15) is 6.54 Å². The summed E-state index contributed by atoms with van der Waals surface area (Å²) in [4.78, 5) is 13.3. The van der Waals surface area contributed by atoms with E-state index in [2.05, 4.69) is 5.10 Å². The van der Waals surface area contributed by atoms with Crippen LogP contribution in [0.5, 0.6) is 0 Å². The molecule has 1 aromatic heterocycles. The second kappa shape index (κ2) is 8.20. The first-order valence-electron chi connectivity index (χ1n) is 9.03. The van der Waals surface area contributed by atoms with Gasteiger partial charge >= 0.3 is 6.18 Å². The highest BCUT2D eigenvalue weighted by Crippen LogP contribution is 2.23. The highest BCUT2D eigenvalue weighted by molar-refractivity contribution is 5.92. The summed E-state index contributed by atoms with van der Waals surface area (Å²) in [6.45, 7) is 7.80. The number of para-hydroxylation sites is 1. The maximum absolute atomic E-state index is 12.9. The Bertz CT molecular complexity index is 830. The van der Waals surface area contributed by atoms with E-state index in [-0.39, 0.29) is 6.54 Å². The summed E-state index contributed by atoms with van der Waals surface area (Å²) < 4.78 is 40.4. The lowest BCUT2D eigenvalue weighted by atomic mass is 9.96. The quantitative estimate of drug-likeness (QED) is 0.675. The number of carbonyl (C=O) groups is 1. The molecule has 1 heterocycles. The monoisotopic (exact) mass is 393 g/mol. The van der Waals surface area contributed by atoms with E-state index in [1.54, 1.807) is 38.5 Å². The van der Waals surface area contributed by atoms with E-state index in [0.717, 1.165) is 21.8 Å². The average molecular weight is 393 g/mol. The fraction of sp³-hybridized carbons (Fsp3) is 0.429. The van der Waals surface area contributed by atoms with Crippen molar-refractivity contribution in [3.05, 3.63) is 53.4 Å². The lowest BCUT2D eigenvalue weighted by Gasteiger charge is -2.29. The molecule has 0 aliphatic heterocycles. The number of alkyl halides is 3. The van der Waals surface area contributed by atoms with Gasteiger partial charge in [0.25, 0.3) is 0 Å². The summed E-state index contributed by atoms with van der Waals surface area (Å²) >= 11 is 0. The number of aryl methyl sites for hydroxylation is 1. The maximum Gasteiger partial charge on any atom is 0.406 e. The summed E-state index contributed by atoms with van der Waals surface area (Å²) in [5, 5.41) is 4.48. The number of carbonyl (C=O) groups excluding carboxylic acids is 1. The first kappa shape index (κ1) is 21.7. The van der Waals surface area contributed by atoms with Crippen molar-refractivity contribution >= 4 is 12.0 Å². The third-order valence-corrected chi connectivity index (χ3v) is 4.09. The molecule has 0 radical (unpaired) electrons. The molecule has 0 N–H and O–H groups in total. The summed E-state index contributed by atoms with van der Waals surface area (Å²) in [6, 6.07) is 9.51. The fourth-order valence-electron chi connectivity index (χ4n) is 2.98. The molecule has 0 saturated carbocycles. The summed E-state index contributed by atoms with van der Waals surface area (Å²) in [7, 11) is 0. The fourth-order valence-corrected chi connectivity index (χ4v) is 2.98. The first-order valence-corrected chi connectivity index (χ1v) is 9.03. The summed E-state index contributed by atoms with van der Waals surface area (Å²) in [5.74, 6) is -0.668. The Morgan fingerprint density at radius 1 is 1.11 bits per heavy atom. The van der Waals surface area contributed by atoms with Crippen LogP contribution < -0.4 is 0 Å². The number of amides is 1. The van der Waals surface area contributed by atoms with E-state index in [9.17, 15) is 18.0 Å². The minimum atomic E-state index is -4.45. The van der Waals surface area contributed by atoms with Gasteiger partial charge in [-0.05, 0) is 37.5 Å². The van der Waals surface area contributed by atoms with E-state index in [4.69, 9.17) is 0 Å². The maximum atomic E-state index is 12.9. The van der Waals surface area contributed by atoms with Gasteiger partial charge in [-0.15, -0.1) is 0 Å². The van der Waals surface area contributed by atoms with Gasteiger partial charge in [0.15, 0.2) is 0 Å². The molecule has 0 bridgehead atoms. The van der Waals surface area contributed by atoms with E-state index in [0.29, 0.717) is 5.69 Å². The number of aromatic nitrogens is 2. The molecular formula is C21H26F3N3O. The zero-order valence-electron chi connectivity index (χ0n) is 16.8. The lowest BCUT2D eigenvalue weighted by Crippen LogP contribution is -2.42. The van der Waals surface area contributed by atoms with Gasteiger partial charge in [-0.3, -0.25) is 4.79 Å². The normalized spacial score (nSPS) is 12.6. The Hall–Kier alpha value is -2.57. The molecule has 7 heteroatoms. The Morgan fingerprint density at radius 2 is 1.71 bits per heavy atom. The largest absolute Gasteiger partial charge is 0.406 e. The van der Waals surface area contributed by atoms with E-state index in [1.165, 1.54) is 6.08 Å². The highest BCUT2D eigenvalue weighted by Gasteiger charge is 2.34. The highest BCUT2D eigenvalue weighted by atomic mass is 19.4. The van der Waals surface area contributed by atoms with Gasteiger partial charge in [-0.25, -0.2) is 4.68 Å². The second-order valence-corrected chi connectivity index (χ2v) is 8.04. The molecular weight excluding hydrogens is 367 g/mol. The number of nitrogens with zero attached hydrogens (tertiary/aromatic N) is 3. The van der Waals surface area contributed by atoms with Crippen molar-refractivity contribution in [3.8, 4) is 5.69 Å². The standard InChI is InChI=1S/C21H26F3N3O/c1-15-18(16(2)27(25-15)17-9-7-6-8-10-17)11-12-19(28)26(13-20(3,4)5)14-21(22,23)24/h6-12H,13-14H2,1-5H3/b12-11+. The molecule has 4 nitrogen and oxygen atoms in total. The Kier molecular flexibility index (Phi) is 6.37. The molecule has 0 atom stereocenters. The molecule has 28 heavy (non-hydrogen) atoms. The van der Waals surface area contributed by atoms with E-state index >= 15 is 0 Å². The van der Waals surface area contributed by atoms with Crippen LogP contribution in [0.1, 0.15) is 37.7 Å². The molecule has 0 fully saturated rings. The number of hydrogen-bond donors (Lipinski definition) is 0. The lowest BCUT2D eigenvalue weighted by molar-refractivity contribution is -0.160. The topological polar surface area (TPSA) is 38.1 Å². The van der Waals surface area contributed by atoms with Crippen molar-refractivity contribution < 1.29 is 18.0 Å². The van der Waals surface area contributed by atoms with Gasteiger partial charge in [0, 0.05) is 23.9 Å². The van der Waals surface area contributed by atoms with Crippen molar-refractivity contribution in [3.63, 3.8) is 0 Å². The van der Waals surface area contributed by atoms with Gasteiger partial charge in [0.05, 0.1) is 11.4 Å². The number of benzene rings is 1.